The molecule has 0 aliphatic carbocycles. The Labute approximate surface area is 215 Å². The maximum absolute atomic E-state index is 12.7. The van der Waals surface area contributed by atoms with Crippen LogP contribution in [0.4, 0.5) is 0 Å². The molecule has 0 saturated heterocycles. The van der Waals surface area contributed by atoms with E-state index in [1.54, 1.807) is 56.0 Å². The minimum Gasteiger partial charge on any atom is -0.486 e. The molecule has 2 N–H and O–H groups in total. The Bertz CT molecular complexity index is 1620. The fourth-order valence-electron chi connectivity index (χ4n) is 3.59. The average molecular weight is 515 g/mol. The number of allylic oxidation sites excluding steroid dienone is 1. The molecule has 10 heteroatoms. The molecule has 0 radical (unpaired) electrons. The highest BCUT2D eigenvalue weighted by Gasteiger charge is 2.16. The molecule has 2 aromatic heterocycles. The van der Waals surface area contributed by atoms with Crippen LogP contribution in [-0.2, 0) is 16.3 Å². The van der Waals surface area contributed by atoms with Crippen LogP contribution in [-0.4, -0.2) is 50.8 Å². The Hall–Kier alpha value is -4.44. The van der Waals surface area contributed by atoms with Gasteiger partial charge in [-0.25, -0.2) is 14.2 Å². The van der Waals surface area contributed by atoms with E-state index >= 15 is 0 Å². The molecule has 1 amide bonds. The number of aliphatic imine (C=N–C) groups is 1. The number of amides is 1. The van der Waals surface area contributed by atoms with Crippen LogP contribution in [0.1, 0.15) is 27.4 Å². The van der Waals surface area contributed by atoms with Gasteiger partial charge in [-0.15, -0.1) is 0 Å². The number of fused-ring (bicyclic) bond motifs is 1. The molecule has 0 spiro atoms. The highest BCUT2D eigenvalue weighted by Crippen LogP contribution is 2.24. The highest BCUT2D eigenvalue weighted by molar-refractivity contribution is 7.92. The summed E-state index contributed by atoms with van der Waals surface area (Å²) in [4.78, 5) is 29.8. The summed E-state index contributed by atoms with van der Waals surface area (Å²) in [7, 11) is -0.948. The number of para-hydroxylation sites is 1. The lowest BCUT2D eigenvalue weighted by Gasteiger charge is -2.11. The second-order valence-corrected chi connectivity index (χ2v) is 10.9. The molecular weight excluding hydrogens is 488 g/mol. The molecule has 37 heavy (non-hydrogen) atoms. The molecular formula is C27H26N6O3S. The SMILES string of the molecule is CN=CC(=C(N)c1ccc(OCc2nc(C(=O)N=S(C)(C)=O)c3ccccc3n2)cc1)c1ccncc1. The van der Waals surface area contributed by atoms with Gasteiger partial charge in [0.2, 0.25) is 0 Å². The molecule has 2 aromatic carbocycles. The van der Waals surface area contributed by atoms with Gasteiger partial charge in [-0.05, 0) is 53.6 Å². The van der Waals surface area contributed by atoms with Gasteiger partial charge in [0.1, 0.15) is 18.1 Å². The van der Waals surface area contributed by atoms with Crippen molar-refractivity contribution in [2.45, 2.75) is 6.61 Å². The Morgan fingerprint density at radius 3 is 2.38 bits per heavy atom. The minimum atomic E-state index is -2.64. The van der Waals surface area contributed by atoms with E-state index in [0.717, 1.165) is 16.7 Å². The zero-order chi connectivity index (χ0) is 26.4. The van der Waals surface area contributed by atoms with Gasteiger partial charge >= 0.3 is 5.91 Å². The first-order chi connectivity index (χ1) is 17.7. The molecule has 0 unspecified atom stereocenters. The predicted octanol–water partition coefficient (Wildman–Crippen LogP) is 4.00. The minimum absolute atomic E-state index is 0.0220. The van der Waals surface area contributed by atoms with Gasteiger partial charge in [0.05, 0.1) is 5.52 Å². The van der Waals surface area contributed by atoms with Crippen molar-refractivity contribution in [3.05, 3.63) is 95.7 Å². The number of benzene rings is 2. The third kappa shape index (κ3) is 6.42. The number of hydrogen-bond acceptors (Lipinski definition) is 8. The normalized spacial score (nSPS) is 12.4. The van der Waals surface area contributed by atoms with Gasteiger partial charge in [-0.1, -0.05) is 18.2 Å². The van der Waals surface area contributed by atoms with E-state index in [4.69, 9.17) is 10.5 Å². The average Bonchev–Trinajstić information content (AvgIpc) is 2.89. The Kier molecular flexibility index (Phi) is 7.69. The smallest absolute Gasteiger partial charge is 0.304 e. The zero-order valence-electron chi connectivity index (χ0n) is 20.7. The van der Waals surface area contributed by atoms with Crippen LogP contribution in [0.15, 0.2) is 82.4 Å². The molecule has 0 aliphatic heterocycles. The molecule has 0 bridgehead atoms. The second kappa shape index (κ2) is 11.1. The van der Waals surface area contributed by atoms with E-state index in [9.17, 15) is 9.00 Å². The lowest BCUT2D eigenvalue weighted by atomic mass is 10.0. The van der Waals surface area contributed by atoms with Crippen molar-refractivity contribution >= 4 is 44.0 Å². The summed E-state index contributed by atoms with van der Waals surface area (Å²) in [6.45, 7) is 0.0220. The largest absolute Gasteiger partial charge is 0.486 e. The number of ether oxygens (including phenoxy) is 1. The molecule has 9 nitrogen and oxygen atoms in total. The van der Waals surface area contributed by atoms with Crippen LogP contribution >= 0.6 is 0 Å². The Balaban J connectivity index is 1.58. The summed E-state index contributed by atoms with van der Waals surface area (Å²) >= 11 is 0. The number of nitrogens with two attached hydrogens (primary N) is 1. The fourth-order valence-corrected chi connectivity index (χ4v) is 4.08. The van der Waals surface area contributed by atoms with Gasteiger partial charge in [-0.3, -0.25) is 14.8 Å². The summed E-state index contributed by atoms with van der Waals surface area (Å²) in [6.07, 6.45) is 7.92. The van der Waals surface area contributed by atoms with Crippen molar-refractivity contribution in [3.63, 3.8) is 0 Å². The van der Waals surface area contributed by atoms with E-state index < -0.39 is 15.6 Å². The van der Waals surface area contributed by atoms with Crippen LogP contribution in [0.25, 0.3) is 22.2 Å². The summed E-state index contributed by atoms with van der Waals surface area (Å²) in [5.41, 5.74) is 10.2. The maximum Gasteiger partial charge on any atom is 0.304 e. The van der Waals surface area contributed by atoms with Crippen molar-refractivity contribution < 1.29 is 13.7 Å². The van der Waals surface area contributed by atoms with E-state index in [2.05, 4.69) is 24.3 Å². The van der Waals surface area contributed by atoms with Crippen LogP contribution < -0.4 is 10.5 Å². The lowest BCUT2D eigenvalue weighted by Crippen LogP contribution is -2.10. The number of aromatic nitrogens is 3. The van der Waals surface area contributed by atoms with Crippen molar-refractivity contribution in [1.29, 1.82) is 0 Å². The van der Waals surface area contributed by atoms with Gasteiger partial charge in [0.25, 0.3) is 0 Å². The van der Waals surface area contributed by atoms with Crippen LogP contribution in [0.3, 0.4) is 0 Å². The van der Waals surface area contributed by atoms with Gasteiger partial charge in [0, 0.05) is 64.6 Å². The first-order valence-corrected chi connectivity index (χ1v) is 13.6. The maximum atomic E-state index is 12.7. The Morgan fingerprint density at radius 1 is 1.00 bits per heavy atom. The molecule has 0 atom stereocenters. The van der Waals surface area contributed by atoms with Gasteiger partial charge in [-0.2, -0.15) is 4.36 Å². The molecule has 2 heterocycles. The number of hydrogen-bond donors (Lipinski definition) is 1. The molecule has 4 aromatic rings. The second-order valence-electron chi connectivity index (χ2n) is 8.35. The van der Waals surface area contributed by atoms with Crippen LogP contribution in [0, 0.1) is 0 Å². The number of pyridine rings is 1. The molecule has 188 valence electrons. The van der Waals surface area contributed by atoms with Crippen LogP contribution in [0.2, 0.25) is 0 Å². The number of carbonyl (C=O) groups excluding carboxylic acids is 1. The first-order valence-electron chi connectivity index (χ1n) is 11.3. The monoisotopic (exact) mass is 514 g/mol. The summed E-state index contributed by atoms with van der Waals surface area (Å²) in [6, 6.07) is 18.1. The highest BCUT2D eigenvalue weighted by atomic mass is 32.2. The lowest BCUT2D eigenvalue weighted by molar-refractivity contribution is 0.100. The third-order valence-electron chi connectivity index (χ3n) is 5.23. The van der Waals surface area contributed by atoms with Crippen LogP contribution in [0.5, 0.6) is 5.75 Å². The number of carbonyl (C=O) groups is 1. The fraction of sp³-hybridized carbons (Fsp3) is 0.148. The van der Waals surface area contributed by atoms with E-state index in [0.29, 0.717) is 28.2 Å². The summed E-state index contributed by atoms with van der Waals surface area (Å²) < 4.78 is 21.7. The molecule has 0 aliphatic rings. The van der Waals surface area contributed by atoms with E-state index in [1.165, 1.54) is 12.5 Å². The third-order valence-corrected chi connectivity index (χ3v) is 5.83. The van der Waals surface area contributed by atoms with Crippen molar-refractivity contribution in [2.24, 2.45) is 15.1 Å². The molecule has 4 rings (SSSR count). The standard InChI is InChI=1S/C27H26N6O3S/c1-29-16-22(18-12-14-30-15-13-18)25(28)19-8-10-20(11-9-19)36-17-24-31-23-7-5-4-6-21(23)26(32-24)27(34)33-37(2,3)35/h4-16H,17,28H2,1-3H3. The number of nitrogens with zero attached hydrogens (tertiary/aromatic N) is 5. The molecule has 0 saturated carbocycles. The first kappa shape index (κ1) is 25.6. The Morgan fingerprint density at radius 2 is 1.70 bits per heavy atom. The van der Waals surface area contributed by atoms with E-state index in [1.807, 2.05) is 30.3 Å². The number of rotatable bonds is 7. The van der Waals surface area contributed by atoms with Gasteiger partial charge in [0.15, 0.2) is 5.82 Å². The predicted molar refractivity (Wildman–Crippen MR) is 147 cm³/mol. The topological polar surface area (TPSA) is 133 Å². The van der Waals surface area contributed by atoms with Gasteiger partial charge < -0.3 is 10.5 Å². The zero-order valence-corrected chi connectivity index (χ0v) is 21.5. The summed E-state index contributed by atoms with van der Waals surface area (Å²) in [5, 5.41) is 0.538. The van der Waals surface area contributed by atoms with Crippen molar-refractivity contribution in [3.8, 4) is 5.75 Å². The molecule has 0 fully saturated rings. The van der Waals surface area contributed by atoms with Crippen molar-refractivity contribution in [2.75, 3.05) is 19.6 Å². The quantitative estimate of drug-likeness (QED) is 0.369. The van der Waals surface area contributed by atoms with Crippen molar-refractivity contribution in [1.82, 2.24) is 15.0 Å². The van der Waals surface area contributed by atoms with E-state index in [-0.39, 0.29) is 12.3 Å². The summed E-state index contributed by atoms with van der Waals surface area (Å²) in [5.74, 6) is 0.228.